The number of H-pyrrole nitrogens is 1. The molecule has 142 valence electrons. The van der Waals surface area contributed by atoms with Gasteiger partial charge in [0.25, 0.3) is 5.91 Å². The molecule has 0 aliphatic carbocycles. The number of amides is 2. The van der Waals surface area contributed by atoms with Gasteiger partial charge in [-0.3, -0.25) is 9.59 Å². The number of halogens is 3. The Morgan fingerprint density at radius 2 is 1.81 bits per heavy atom. The molecule has 1 aromatic heterocycles. The number of carbonyl (C=O) groups excluding carboxylic acids is 2. The molecule has 5 nitrogen and oxygen atoms in total. The topological polar surface area (TPSA) is 56.4 Å². The number of fused-ring (bicyclic) bond motifs is 1. The van der Waals surface area contributed by atoms with Crippen LogP contribution in [0.3, 0.4) is 0 Å². The molecule has 1 aliphatic rings. The molecule has 3 rings (SSSR count). The maximum absolute atomic E-state index is 14.4. The summed E-state index contributed by atoms with van der Waals surface area (Å²) in [5.41, 5.74) is 0.0147. The van der Waals surface area contributed by atoms with Crippen molar-refractivity contribution in [2.24, 2.45) is 0 Å². The van der Waals surface area contributed by atoms with E-state index in [1.807, 2.05) is 0 Å². The van der Waals surface area contributed by atoms with Crippen molar-refractivity contribution < 1.29 is 18.4 Å². The van der Waals surface area contributed by atoms with Crippen LogP contribution in [0.2, 0.25) is 5.02 Å². The number of nitrogens with one attached hydrogen (secondary N) is 1. The second-order valence-corrected chi connectivity index (χ2v) is 6.41. The van der Waals surface area contributed by atoms with Gasteiger partial charge in [0.05, 0.1) is 15.9 Å². The van der Waals surface area contributed by atoms with Crippen molar-refractivity contribution >= 4 is 34.8 Å². The predicted molar refractivity (Wildman–Crippen MR) is 97.3 cm³/mol. The van der Waals surface area contributed by atoms with E-state index < -0.39 is 17.5 Å². The van der Waals surface area contributed by atoms with Crippen LogP contribution in [0.4, 0.5) is 8.78 Å². The van der Waals surface area contributed by atoms with Gasteiger partial charge in [0.15, 0.2) is 5.82 Å². The molecule has 0 saturated carbocycles. The molecule has 0 bridgehead atoms. The molecule has 2 amide bonds. The number of aromatic nitrogens is 1. The Kier molecular flexibility index (Phi) is 6.97. The molecule has 2 heterocycles. The van der Waals surface area contributed by atoms with E-state index in [1.165, 1.54) is 28.7 Å². The number of nitrogens with zero attached hydrogens (tertiary/aromatic N) is 2. The summed E-state index contributed by atoms with van der Waals surface area (Å²) in [6.07, 6.45) is 3.36. The average Bonchev–Trinajstić information content (AvgIpc) is 3.01. The SMILES string of the molecule is CCCC.O=CN1CCN(C(=O)c2[nH]c3ccc(F)c(Cl)c3c2F)CC1. The molecule has 0 spiro atoms. The van der Waals surface area contributed by atoms with Crippen molar-refractivity contribution in [3.05, 3.63) is 34.5 Å². The molecule has 26 heavy (non-hydrogen) atoms. The zero-order chi connectivity index (χ0) is 19.3. The minimum atomic E-state index is -0.859. The fourth-order valence-electron chi connectivity index (χ4n) is 2.52. The van der Waals surface area contributed by atoms with Crippen LogP contribution in [-0.2, 0) is 4.79 Å². The van der Waals surface area contributed by atoms with Gasteiger partial charge >= 0.3 is 0 Å². The highest BCUT2D eigenvalue weighted by molar-refractivity contribution is 6.35. The normalized spacial score (nSPS) is 14.2. The monoisotopic (exact) mass is 385 g/mol. The highest BCUT2D eigenvalue weighted by Gasteiger charge is 2.27. The number of unbranched alkanes of at least 4 members (excludes halogenated alkanes) is 1. The van der Waals surface area contributed by atoms with E-state index >= 15 is 0 Å². The van der Waals surface area contributed by atoms with Gasteiger partial charge in [0.1, 0.15) is 11.5 Å². The second kappa shape index (κ2) is 8.98. The largest absolute Gasteiger partial charge is 0.348 e. The second-order valence-electron chi connectivity index (χ2n) is 6.03. The van der Waals surface area contributed by atoms with Crippen LogP contribution in [0, 0.1) is 11.6 Å². The molecule has 0 atom stereocenters. The van der Waals surface area contributed by atoms with E-state index in [-0.39, 0.29) is 21.6 Å². The summed E-state index contributed by atoms with van der Waals surface area (Å²) >= 11 is 5.77. The third kappa shape index (κ3) is 4.15. The fraction of sp³-hybridized carbons (Fsp3) is 0.444. The van der Waals surface area contributed by atoms with E-state index in [9.17, 15) is 18.4 Å². The van der Waals surface area contributed by atoms with Crippen LogP contribution >= 0.6 is 11.6 Å². The van der Waals surface area contributed by atoms with Crippen molar-refractivity contribution in [3.8, 4) is 0 Å². The van der Waals surface area contributed by atoms with Gasteiger partial charge in [0, 0.05) is 26.2 Å². The van der Waals surface area contributed by atoms with Crippen molar-refractivity contribution in [1.82, 2.24) is 14.8 Å². The highest BCUT2D eigenvalue weighted by Crippen LogP contribution is 2.30. The third-order valence-corrected chi connectivity index (χ3v) is 4.63. The maximum Gasteiger partial charge on any atom is 0.273 e. The Morgan fingerprint density at radius 3 is 2.35 bits per heavy atom. The van der Waals surface area contributed by atoms with Crippen LogP contribution in [0.15, 0.2) is 12.1 Å². The summed E-state index contributed by atoms with van der Waals surface area (Å²) in [5.74, 6) is -2.14. The Hall–Kier alpha value is -2.15. The van der Waals surface area contributed by atoms with Crippen molar-refractivity contribution in [1.29, 1.82) is 0 Å². The predicted octanol–water partition coefficient (Wildman–Crippen LogP) is 3.82. The van der Waals surface area contributed by atoms with E-state index in [0.29, 0.717) is 32.6 Å². The van der Waals surface area contributed by atoms with Crippen molar-refractivity contribution in [2.75, 3.05) is 26.2 Å². The molecule has 0 radical (unpaired) electrons. The Morgan fingerprint density at radius 1 is 1.19 bits per heavy atom. The molecule has 8 heteroatoms. The van der Waals surface area contributed by atoms with Gasteiger partial charge in [0.2, 0.25) is 6.41 Å². The van der Waals surface area contributed by atoms with E-state index in [4.69, 9.17) is 11.6 Å². The Balaban J connectivity index is 0.000000552. The average molecular weight is 386 g/mol. The summed E-state index contributed by atoms with van der Waals surface area (Å²) in [7, 11) is 0. The first-order chi connectivity index (χ1) is 12.4. The van der Waals surface area contributed by atoms with Crippen molar-refractivity contribution in [2.45, 2.75) is 26.7 Å². The van der Waals surface area contributed by atoms with Crippen LogP contribution in [0.1, 0.15) is 37.2 Å². The molecular formula is C18H22ClF2N3O2. The number of carbonyl (C=O) groups is 2. The smallest absolute Gasteiger partial charge is 0.273 e. The number of benzene rings is 1. The molecule has 1 aromatic carbocycles. The zero-order valence-electron chi connectivity index (χ0n) is 14.8. The molecule has 0 unspecified atom stereocenters. The minimum absolute atomic E-state index is 0.128. The summed E-state index contributed by atoms with van der Waals surface area (Å²) in [6, 6.07) is 2.44. The molecule has 1 fully saturated rings. The van der Waals surface area contributed by atoms with Gasteiger partial charge in [-0.1, -0.05) is 38.3 Å². The zero-order valence-corrected chi connectivity index (χ0v) is 15.6. The minimum Gasteiger partial charge on any atom is -0.348 e. The van der Waals surface area contributed by atoms with E-state index in [2.05, 4.69) is 18.8 Å². The third-order valence-electron chi connectivity index (χ3n) is 4.26. The summed E-state index contributed by atoms with van der Waals surface area (Å²) in [5, 5.41) is -0.479. The Bertz CT molecular complexity index is 784. The van der Waals surface area contributed by atoms with Crippen molar-refractivity contribution in [3.63, 3.8) is 0 Å². The van der Waals surface area contributed by atoms with Crippen LogP contribution < -0.4 is 0 Å². The lowest BCUT2D eigenvalue weighted by atomic mass is 10.2. The first-order valence-corrected chi connectivity index (χ1v) is 8.96. The number of piperazine rings is 1. The lowest BCUT2D eigenvalue weighted by molar-refractivity contribution is -0.119. The fourth-order valence-corrected chi connectivity index (χ4v) is 2.77. The molecule has 2 aromatic rings. The number of aromatic amines is 1. The van der Waals surface area contributed by atoms with Crippen LogP contribution in [0.25, 0.3) is 10.9 Å². The Labute approximate surface area is 155 Å². The standard InChI is InChI=1S/C14H12ClF2N3O2.C4H10/c15-11-8(16)1-2-9-10(11)12(17)13(18-9)14(22)20-5-3-19(7-21)4-6-20;1-3-4-2/h1-2,7,18H,3-6H2;3-4H2,1-2H3. The quantitative estimate of drug-likeness (QED) is 0.816. The number of rotatable bonds is 3. The first kappa shape index (κ1) is 20.2. The number of hydrogen-bond donors (Lipinski definition) is 1. The van der Waals surface area contributed by atoms with Gasteiger partial charge < -0.3 is 14.8 Å². The lowest BCUT2D eigenvalue weighted by Crippen LogP contribution is -2.48. The molecule has 1 N–H and O–H groups in total. The maximum atomic E-state index is 14.4. The highest BCUT2D eigenvalue weighted by atomic mass is 35.5. The molecular weight excluding hydrogens is 364 g/mol. The summed E-state index contributed by atoms with van der Waals surface area (Å²) in [6.45, 7) is 5.78. The summed E-state index contributed by atoms with van der Waals surface area (Å²) < 4.78 is 27.9. The molecule has 1 aliphatic heterocycles. The van der Waals surface area contributed by atoms with Crippen LogP contribution in [-0.4, -0.2) is 53.3 Å². The van der Waals surface area contributed by atoms with E-state index in [0.717, 1.165) is 6.07 Å². The van der Waals surface area contributed by atoms with Gasteiger partial charge in [-0.05, 0) is 12.1 Å². The van der Waals surface area contributed by atoms with Gasteiger partial charge in [-0.2, -0.15) is 0 Å². The van der Waals surface area contributed by atoms with Crippen LogP contribution in [0.5, 0.6) is 0 Å². The lowest BCUT2D eigenvalue weighted by Gasteiger charge is -2.32. The number of hydrogen-bond acceptors (Lipinski definition) is 2. The molecule has 1 saturated heterocycles. The summed E-state index contributed by atoms with van der Waals surface area (Å²) in [4.78, 5) is 28.7. The first-order valence-electron chi connectivity index (χ1n) is 8.58. The van der Waals surface area contributed by atoms with Gasteiger partial charge in [-0.15, -0.1) is 0 Å². The van der Waals surface area contributed by atoms with E-state index in [1.54, 1.807) is 0 Å². The van der Waals surface area contributed by atoms with Gasteiger partial charge in [-0.25, -0.2) is 8.78 Å².